The number of fused-ring (bicyclic) bond motifs is 1. The number of aromatic hydroxyl groups is 1. The summed E-state index contributed by atoms with van der Waals surface area (Å²) in [6.45, 7) is 0. The number of pyridine rings is 1. The molecule has 0 radical (unpaired) electrons. The summed E-state index contributed by atoms with van der Waals surface area (Å²) in [6.07, 6.45) is 1.71. The molecule has 2 aromatic carbocycles. The number of hydrogen-bond donors (Lipinski definition) is 1. The van der Waals surface area contributed by atoms with Crippen LogP contribution in [0.3, 0.4) is 0 Å². The highest BCUT2D eigenvalue weighted by molar-refractivity contribution is 5.98. The summed E-state index contributed by atoms with van der Waals surface area (Å²) in [6, 6.07) is 17.1. The molecular formula is C18H14N4O. The molecule has 0 atom stereocenters. The molecule has 2 aromatic heterocycles. The largest absolute Gasteiger partial charge is 0.507 e. The highest BCUT2D eigenvalue weighted by Crippen LogP contribution is 2.35. The Kier molecular flexibility index (Phi) is 3.05. The summed E-state index contributed by atoms with van der Waals surface area (Å²) in [7, 11) is 1.82. The second-order valence-corrected chi connectivity index (χ2v) is 5.28. The number of aryl methyl sites for hydroxylation is 1. The average molecular weight is 302 g/mol. The Labute approximate surface area is 132 Å². The third-order valence-electron chi connectivity index (χ3n) is 3.79. The van der Waals surface area contributed by atoms with Crippen molar-refractivity contribution in [2.24, 2.45) is 7.05 Å². The van der Waals surface area contributed by atoms with Crippen molar-refractivity contribution >= 4 is 10.8 Å². The molecule has 2 heterocycles. The zero-order valence-corrected chi connectivity index (χ0v) is 12.5. The van der Waals surface area contributed by atoms with E-state index in [-0.39, 0.29) is 5.75 Å². The van der Waals surface area contributed by atoms with Gasteiger partial charge in [0, 0.05) is 13.2 Å². The van der Waals surface area contributed by atoms with Crippen LogP contribution in [0.2, 0.25) is 0 Å². The molecule has 0 saturated carbocycles. The van der Waals surface area contributed by atoms with E-state index in [9.17, 15) is 5.11 Å². The highest BCUT2D eigenvalue weighted by atomic mass is 16.3. The minimum absolute atomic E-state index is 0.187. The first-order chi connectivity index (χ1) is 11.2. The van der Waals surface area contributed by atoms with Gasteiger partial charge in [-0.2, -0.15) is 0 Å². The van der Waals surface area contributed by atoms with Crippen molar-refractivity contribution in [3.8, 4) is 28.7 Å². The number of phenolic OH excluding ortho intramolecular Hbond substituents is 1. The molecular weight excluding hydrogens is 288 g/mol. The van der Waals surface area contributed by atoms with Crippen LogP contribution >= 0.6 is 0 Å². The molecule has 0 unspecified atom stereocenters. The zero-order valence-electron chi connectivity index (χ0n) is 12.5. The lowest BCUT2D eigenvalue weighted by Gasteiger charge is -2.08. The number of rotatable bonds is 2. The van der Waals surface area contributed by atoms with Crippen LogP contribution in [-0.4, -0.2) is 24.9 Å². The van der Waals surface area contributed by atoms with E-state index >= 15 is 0 Å². The first-order valence-corrected chi connectivity index (χ1v) is 7.27. The summed E-state index contributed by atoms with van der Waals surface area (Å²) in [5, 5.41) is 16.8. The lowest BCUT2D eigenvalue weighted by Crippen LogP contribution is -1.95. The monoisotopic (exact) mass is 302 g/mol. The van der Waals surface area contributed by atoms with Gasteiger partial charge in [-0.15, -0.1) is 5.10 Å². The van der Waals surface area contributed by atoms with Crippen molar-refractivity contribution in [2.75, 3.05) is 0 Å². The van der Waals surface area contributed by atoms with Crippen LogP contribution in [0.4, 0.5) is 0 Å². The number of nitrogens with zero attached hydrogens (tertiary/aromatic N) is 4. The van der Waals surface area contributed by atoms with E-state index in [1.165, 1.54) is 0 Å². The van der Waals surface area contributed by atoms with Gasteiger partial charge in [0.25, 0.3) is 0 Å². The van der Waals surface area contributed by atoms with Crippen LogP contribution in [0, 0.1) is 0 Å². The van der Waals surface area contributed by atoms with E-state index in [2.05, 4.69) is 15.1 Å². The van der Waals surface area contributed by atoms with Gasteiger partial charge in [0.05, 0.1) is 5.56 Å². The maximum absolute atomic E-state index is 10.4. The lowest BCUT2D eigenvalue weighted by atomic mass is 10.0. The molecule has 0 aliphatic carbocycles. The smallest absolute Gasteiger partial charge is 0.200 e. The fraction of sp³-hybridized carbons (Fsp3) is 0.0556. The summed E-state index contributed by atoms with van der Waals surface area (Å²) < 4.78 is 1.67. The third kappa shape index (κ3) is 2.23. The molecule has 0 aliphatic heterocycles. The molecule has 112 valence electrons. The maximum Gasteiger partial charge on any atom is 0.200 e. The standard InChI is InChI=1S/C18H14N4O/c1-22-18(20-17(21-22)14-8-4-5-11-19-14)16-13-7-3-2-6-12(13)9-10-15(16)23/h2-11,23H,1H3. The van der Waals surface area contributed by atoms with Crippen LogP contribution < -0.4 is 0 Å². The summed E-state index contributed by atoms with van der Waals surface area (Å²) in [5.41, 5.74) is 1.38. The van der Waals surface area contributed by atoms with Gasteiger partial charge in [-0.25, -0.2) is 9.67 Å². The molecule has 23 heavy (non-hydrogen) atoms. The normalized spacial score (nSPS) is 11.0. The minimum Gasteiger partial charge on any atom is -0.507 e. The Hall–Kier alpha value is -3.21. The predicted molar refractivity (Wildman–Crippen MR) is 88.8 cm³/mol. The maximum atomic E-state index is 10.4. The second-order valence-electron chi connectivity index (χ2n) is 5.28. The van der Waals surface area contributed by atoms with Gasteiger partial charge in [-0.05, 0) is 29.0 Å². The number of hydrogen-bond acceptors (Lipinski definition) is 4. The van der Waals surface area contributed by atoms with E-state index in [1.807, 2.05) is 55.6 Å². The average Bonchev–Trinajstić information content (AvgIpc) is 2.97. The Morgan fingerprint density at radius 3 is 2.61 bits per heavy atom. The Balaban J connectivity index is 1.96. The van der Waals surface area contributed by atoms with Gasteiger partial charge in [0.1, 0.15) is 11.4 Å². The van der Waals surface area contributed by atoms with Gasteiger partial charge in [0.2, 0.25) is 0 Å². The van der Waals surface area contributed by atoms with Crippen molar-refractivity contribution in [3.63, 3.8) is 0 Å². The molecule has 0 bridgehead atoms. The van der Waals surface area contributed by atoms with Crippen molar-refractivity contribution < 1.29 is 5.11 Å². The highest BCUT2D eigenvalue weighted by Gasteiger charge is 2.17. The second kappa shape index (κ2) is 5.21. The van der Waals surface area contributed by atoms with E-state index in [1.54, 1.807) is 16.9 Å². The molecule has 1 N–H and O–H groups in total. The van der Waals surface area contributed by atoms with Gasteiger partial charge >= 0.3 is 0 Å². The molecule has 5 nitrogen and oxygen atoms in total. The molecule has 4 aromatic rings. The number of aromatic nitrogens is 4. The van der Waals surface area contributed by atoms with Crippen molar-refractivity contribution in [1.29, 1.82) is 0 Å². The molecule has 0 fully saturated rings. The Bertz CT molecular complexity index is 993. The summed E-state index contributed by atoms with van der Waals surface area (Å²) in [4.78, 5) is 8.87. The molecule has 5 heteroatoms. The van der Waals surface area contributed by atoms with E-state index < -0.39 is 0 Å². The van der Waals surface area contributed by atoms with Gasteiger partial charge in [0.15, 0.2) is 11.6 Å². The van der Waals surface area contributed by atoms with Crippen molar-refractivity contribution in [2.45, 2.75) is 0 Å². The molecule has 4 rings (SSSR count). The Morgan fingerprint density at radius 1 is 0.957 bits per heavy atom. The Morgan fingerprint density at radius 2 is 1.78 bits per heavy atom. The fourth-order valence-corrected chi connectivity index (χ4v) is 2.70. The number of benzene rings is 2. The van der Waals surface area contributed by atoms with E-state index in [0.717, 1.165) is 10.8 Å². The van der Waals surface area contributed by atoms with Crippen molar-refractivity contribution in [3.05, 3.63) is 60.8 Å². The fourth-order valence-electron chi connectivity index (χ4n) is 2.70. The van der Waals surface area contributed by atoms with E-state index in [0.29, 0.717) is 22.9 Å². The molecule has 0 spiro atoms. The SMILES string of the molecule is Cn1nc(-c2ccccn2)nc1-c1c(O)ccc2ccccc12. The first kappa shape index (κ1) is 13.5. The van der Waals surface area contributed by atoms with Crippen molar-refractivity contribution in [1.82, 2.24) is 19.7 Å². The zero-order chi connectivity index (χ0) is 15.8. The first-order valence-electron chi connectivity index (χ1n) is 7.27. The molecule has 0 amide bonds. The summed E-state index contributed by atoms with van der Waals surface area (Å²) >= 11 is 0. The van der Waals surface area contributed by atoms with Gasteiger partial charge in [-0.1, -0.05) is 36.4 Å². The predicted octanol–water partition coefficient (Wildman–Crippen LogP) is 3.40. The summed E-state index contributed by atoms with van der Waals surface area (Å²) in [5.74, 6) is 1.34. The third-order valence-corrected chi connectivity index (χ3v) is 3.79. The van der Waals surface area contributed by atoms with Crippen LogP contribution in [0.1, 0.15) is 0 Å². The van der Waals surface area contributed by atoms with Crippen LogP contribution in [0.5, 0.6) is 5.75 Å². The van der Waals surface area contributed by atoms with Crippen LogP contribution in [-0.2, 0) is 7.05 Å². The van der Waals surface area contributed by atoms with Gasteiger partial charge < -0.3 is 5.11 Å². The lowest BCUT2D eigenvalue weighted by molar-refractivity contribution is 0.477. The quantitative estimate of drug-likeness (QED) is 0.616. The molecule has 0 saturated heterocycles. The minimum atomic E-state index is 0.187. The topological polar surface area (TPSA) is 63.8 Å². The van der Waals surface area contributed by atoms with Gasteiger partial charge in [-0.3, -0.25) is 4.98 Å². The number of phenols is 1. The van der Waals surface area contributed by atoms with Crippen LogP contribution in [0.25, 0.3) is 33.7 Å². The molecule has 0 aliphatic rings. The van der Waals surface area contributed by atoms with E-state index in [4.69, 9.17) is 0 Å². The van der Waals surface area contributed by atoms with Crippen LogP contribution in [0.15, 0.2) is 60.8 Å².